The highest BCUT2D eigenvalue weighted by Crippen LogP contribution is 2.20. The van der Waals surface area contributed by atoms with E-state index in [0.29, 0.717) is 24.3 Å². The van der Waals surface area contributed by atoms with E-state index in [1.54, 1.807) is 19.1 Å². The molecule has 15 heavy (non-hydrogen) atoms. The molecule has 0 aliphatic carbocycles. The molecule has 0 bridgehead atoms. The van der Waals surface area contributed by atoms with E-state index in [1.165, 1.54) is 6.07 Å². The van der Waals surface area contributed by atoms with E-state index in [9.17, 15) is 4.39 Å². The van der Waals surface area contributed by atoms with Crippen LogP contribution in [0.15, 0.2) is 18.2 Å². The zero-order valence-corrected chi connectivity index (χ0v) is 8.66. The zero-order chi connectivity index (χ0) is 11.3. The van der Waals surface area contributed by atoms with Crippen molar-refractivity contribution in [2.75, 3.05) is 6.61 Å². The molecule has 0 fully saturated rings. The lowest BCUT2D eigenvalue weighted by Crippen LogP contribution is -2.07. The Bertz CT molecular complexity index is 368. The number of halogens is 1. The van der Waals surface area contributed by atoms with Crippen LogP contribution in [-0.2, 0) is 0 Å². The molecule has 1 unspecified atom stereocenters. The number of nitrogens with two attached hydrogens (primary N) is 1. The normalized spacial score (nSPS) is 11.9. The average molecular weight is 207 g/mol. The third-order valence-electron chi connectivity index (χ3n) is 1.98. The molecule has 0 heterocycles. The topological polar surface area (TPSA) is 35.2 Å². The maximum atomic E-state index is 13.4. The predicted octanol–water partition coefficient (Wildman–Crippen LogP) is 2.25. The molecule has 0 spiro atoms. The van der Waals surface area contributed by atoms with Crippen LogP contribution in [0.5, 0.6) is 5.75 Å². The summed E-state index contributed by atoms with van der Waals surface area (Å²) < 4.78 is 18.6. The molecule has 80 valence electrons. The Hall–Kier alpha value is -1.53. The van der Waals surface area contributed by atoms with E-state index in [4.69, 9.17) is 16.9 Å². The van der Waals surface area contributed by atoms with Gasteiger partial charge in [-0.1, -0.05) is 6.07 Å². The summed E-state index contributed by atoms with van der Waals surface area (Å²) in [4.78, 5) is 0. The fraction of sp³-hybridized carbons (Fsp3) is 0.333. The van der Waals surface area contributed by atoms with Crippen molar-refractivity contribution < 1.29 is 9.13 Å². The maximum absolute atomic E-state index is 13.4. The highest BCUT2D eigenvalue weighted by atomic mass is 19.1. The Morgan fingerprint density at radius 2 is 2.33 bits per heavy atom. The van der Waals surface area contributed by atoms with Gasteiger partial charge < -0.3 is 10.5 Å². The molecule has 0 aliphatic heterocycles. The summed E-state index contributed by atoms with van der Waals surface area (Å²) in [6, 6.07) is 4.34. The number of hydrogen-bond donors (Lipinski definition) is 1. The van der Waals surface area contributed by atoms with Gasteiger partial charge in [0.05, 0.1) is 6.61 Å². The molecular formula is C12H14FNO. The zero-order valence-electron chi connectivity index (χ0n) is 8.66. The number of benzene rings is 1. The van der Waals surface area contributed by atoms with Crippen molar-refractivity contribution in [1.82, 2.24) is 0 Å². The summed E-state index contributed by atoms with van der Waals surface area (Å²) in [6.07, 6.45) is 5.58. The quantitative estimate of drug-likeness (QED) is 0.607. The standard InChI is InChI=1S/C12H14FNO/c1-3-4-7-15-10-5-6-11(9(2)14)12(13)8-10/h1,5-6,8-9H,4,7,14H2,2H3. The molecule has 0 amide bonds. The van der Waals surface area contributed by atoms with Crippen LogP contribution in [0.4, 0.5) is 4.39 Å². The second-order valence-electron chi connectivity index (χ2n) is 3.27. The van der Waals surface area contributed by atoms with Crippen molar-refractivity contribution in [3.05, 3.63) is 29.6 Å². The third-order valence-corrected chi connectivity index (χ3v) is 1.98. The largest absolute Gasteiger partial charge is 0.492 e. The first-order chi connectivity index (χ1) is 7.15. The summed E-state index contributed by atoms with van der Waals surface area (Å²) in [5, 5.41) is 0. The average Bonchev–Trinajstić information content (AvgIpc) is 2.17. The van der Waals surface area contributed by atoms with Crippen molar-refractivity contribution in [2.24, 2.45) is 5.73 Å². The smallest absolute Gasteiger partial charge is 0.131 e. The van der Waals surface area contributed by atoms with Gasteiger partial charge in [-0.2, -0.15) is 0 Å². The van der Waals surface area contributed by atoms with Crippen LogP contribution in [0.3, 0.4) is 0 Å². The van der Waals surface area contributed by atoms with Crippen LogP contribution in [-0.4, -0.2) is 6.61 Å². The van der Waals surface area contributed by atoms with Gasteiger partial charge in [0.1, 0.15) is 11.6 Å². The SMILES string of the molecule is C#CCCOc1ccc(C(C)N)c(F)c1. The van der Waals surface area contributed by atoms with Crippen molar-refractivity contribution in [3.63, 3.8) is 0 Å². The van der Waals surface area contributed by atoms with Gasteiger partial charge in [0.25, 0.3) is 0 Å². The summed E-state index contributed by atoms with van der Waals surface area (Å²) in [5.41, 5.74) is 6.06. The van der Waals surface area contributed by atoms with Crippen molar-refractivity contribution in [3.8, 4) is 18.1 Å². The summed E-state index contributed by atoms with van der Waals surface area (Å²) >= 11 is 0. The first-order valence-corrected chi connectivity index (χ1v) is 4.76. The fourth-order valence-electron chi connectivity index (χ4n) is 1.19. The fourth-order valence-corrected chi connectivity index (χ4v) is 1.19. The van der Waals surface area contributed by atoms with E-state index in [-0.39, 0.29) is 11.9 Å². The predicted molar refractivity (Wildman–Crippen MR) is 57.9 cm³/mol. The molecule has 3 heteroatoms. The number of terminal acetylenes is 1. The molecule has 0 saturated carbocycles. The van der Waals surface area contributed by atoms with E-state index >= 15 is 0 Å². The highest BCUT2D eigenvalue weighted by Gasteiger charge is 2.07. The Balaban J connectivity index is 2.70. The molecule has 1 aromatic carbocycles. The van der Waals surface area contributed by atoms with Gasteiger partial charge in [-0.15, -0.1) is 12.3 Å². The Labute approximate surface area is 89.2 Å². The van der Waals surface area contributed by atoms with Gasteiger partial charge in [0.2, 0.25) is 0 Å². The third kappa shape index (κ3) is 3.26. The molecule has 1 rings (SSSR count). The molecule has 1 aromatic rings. The van der Waals surface area contributed by atoms with E-state index in [2.05, 4.69) is 5.92 Å². The minimum Gasteiger partial charge on any atom is -0.492 e. The van der Waals surface area contributed by atoms with Crippen LogP contribution in [0.1, 0.15) is 24.9 Å². The number of ether oxygens (including phenoxy) is 1. The molecule has 0 aliphatic rings. The molecule has 1 atom stereocenters. The van der Waals surface area contributed by atoms with Gasteiger partial charge in [-0.05, 0) is 13.0 Å². The first kappa shape index (κ1) is 11.5. The molecular weight excluding hydrogens is 193 g/mol. The van der Waals surface area contributed by atoms with E-state index in [0.717, 1.165) is 0 Å². The van der Waals surface area contributed by atoms with Crippen molar-refractivity contribution in [1.29, 1.82) is 0 Å². The minimum atomic E-state index is -0.344. The van der Waals surface area contributed by atoms with E-state index < -0.39 is 0 Å². The monoisotopic (exact) mass is 207 g/mol. The van der Waals surface area contributed by atoms with Gasteiger partial charge in [-0.3, -0.25) is 0 Å². The molecule has 2 nitrogen and oxygen atoms in total. The molecule has 0 saturated heterocycles. The lowest BCUT2D eigenvalue weighted by atomic mass is 10.1. The van der Waals surface area contributed by atoms with Crippen LogP contribution < -0.4 is 10.5 Å². The minimum absolute atomic E-state index is 0.315. The second-order valence-corrected chi connectivity index (χ2v) is 3.27. The molecule has 2 N–H and O–H groups in total. The van der Waals surface area contributed by atoms with Gasteiger partial charge in [-0.25, -0.2) is 4.39 Å². The van der Waals surface area contributed by atoms with Crippen LogP contribution in [0.25, 0.3) is 0 Å². The summed E-state index contributed by atoms with van der Waals surface area (Å²) in [7, 11) is 0. The number of rotatable bonds is 4. The van der Waals surface area contributed by atoms with Crippen LogP contribution >= 0.6 is 0 Å². The van der Waals surface area contributed by atoms with Crippen LogP contribution in [0, 0.1) is 18.2 Å². The van der Waals surface area contributed by atoms with Gasteiger partial charge in [0, 0.05) is 24.1 Å². The Morgan fingerprint density at radius 3 is 2.87 bits per heavy atom. The summed E-state index contributed by atoms with van der Waals surface area (Å²) in [5.74, 6) is 2.58. The molecule has 0 radical (unpaired) electrons. The molecule has 0 aromatic heterocycles. The first-order valence-electron chi connectivity index (χ1n) is 4.76. The lowest BCUT2D eigenvalue weighted by Gasteiger charge is -2.09. The van der Waals surface area contributed by atoms with Gasteiger partial charge in [0.15, 0.2) is 0 Å². The van der Waals surface area contributed by atoms with Crippen molar-refractivity contribution >= 4 is 0 Å². The highest BCUT2D eigenvalue weighted by molar-refractivity contribution is 5.30. The second kappa shape index (κ2) is 5.38. The summed E-state index contributed by atoms with van der Waals surface area (Å²) in [6.45, 7) is 2.13. The van der Waals surface area contributed by atoms with Crippen LogP contribution in [0.2, 0.25) is 0 Å². The Morgan fingerprint density at radius 1 is 1.60 bits per heavy atom. The van der Waals surface area contributed by atoms with Crippen molar-refractivity contribution in [2.45, 2.75) is 19.4 Å². The maximum Gasteiger partial charge on any atom is 0.131 e. The van der Waals surface area contributed by atoms with Gasteiger partial charge >= 0.3 is 0 Å². The Kier molecular flexibility index (Phi) is 4.14. The number of hydrogen-bond acceptors (Lipinski definition) is 2. The van der Waals surface area contributed by atoms with E-state index in [1.807, 2.05) is 0 Å². The lowest BCUT2D eigenvalue weighted by molar-refractivity contribution is 0.325.